The number of nitrogens with one attached hydrogen (secondary N) is 1. The summed E-state index contributed by atoms with van der Waals surface area (Å²) < 4.78 is 98.6. The van der Waals surface area contributed by atoms with Crippen molar-refractivity contribution in [3.8, 4) is 0 Å². The number of rotatable bonds is 4. The van der Waals surface area contributed by atoms with Gasteiger partial charge in [-0.05, 0) is 12.1 Å². The number of halogens is 6. The molecule has 0 amide bonds. The fraction of sp³-hybridized carbons (Fsp3) is 0.400. The van der Waals surface area contributed by atoms with E-state index in [0.29, 0.717) is 12.1 Å². The number of aliphatic hydroxyl groups excluding tert-OH is 1. The Labute approximate surface area is 115 Å². The number of benzene rings is 1. The molecule has 0 aliphatic carbocycles. The van der Waals surface area contributed by atoms with Crippen molar-refractivity contribution in [2.24, 2.45) is 0 Å². The second-order valence-electron chi connectivity index (χ2n) is 3.90. The standard InChI is InChI=1S/C10H9F6NO3S/c11-9(12,13)6-3-1-2-4-7(6)21(19,20)17-5-8(18)10(14,15)16/h1-4,8,17-18H,5H2. The molecule has 2 N–H and O–H groups in total. The Morgan fingerprint density at radius 2 is 1.62 bits per heavy atom. The van der Waals surface area contributed by atoms with Crippen molar-refractivity contribution in [2.45, 2.75) is 23.4 Å². The van der Waals surface area contributed by atoms with Crippen LogP contribution in [0.1, 0.15) is 5.56 Å². The molecule has 1 atom stereocenters. The first-order valence-corrected chi connectivity index (χ1v) is 6.74. The topological polar surface area (TPSA) is 66.4 Å². The lowest BCUT2D eigenvalue weighted by atomic mass is 10.2. The summed E-state index contributed by atoms with van der Waals surface area (Å²) >= 11 is 0. The molecular weight excluding hydrogens is 328 g/mol. The monoisotopic (exact) mass is 337 g/mol. The highest BCUT2D eigenvalue weighted by molar-refractivity contribution is 7.89. The zero-order valence-corrected chi connectivity index (χ0v) is 10.9. The van der Waals surface area contributed by atoms with Crippen molar-refractivity contribution in [3.05, 3.63) is 29.8 Å². The van der Waals surface area contributed by atoms with Crippen molar-refractivity contribution in [3.63, 3.8) is 0 Å². The van der Waals surface area contributed by atoms with Gasteiger partial charge in [0.15, 0.2) is 6.10 Å². The number of hydrogen-bond acceptors (Lipinski definition) is 3. The van der Waals surface area contributed by atoms with Crippen LogP contribution in [0.3, 0.4) is 0 Å². The molecule has 0 aliphatic rings. The summed E-state index contributed by atoms with van der Waals surface area (Å²) in [6.07, 6.45) is -13.1. The van der Waals surface area contributed by atoms with Gasteiger partial charge in [-0.3, -0.25) is 0 Å². The van der Waals surface area contributed by atoms with Crippen molar-refractivity contribution in [1.29, 1.82) is 0 Å². The number of aliphatic hydroxyl groups is 1. The summed E-state index contributed by atoms with van der Waals surface area (Å²) in [7, 11) is -4.86. The Morgan fingerprint density at radius 1 is 1.10 bits per heavy atom. The normalized spacial score (nSPS) is 15.0. The molecule has 1 rings (SSSR count). The molecule has 1 aromatic rings. The molecule has 0 spiro atoms. The average Bonchev–Trinajstić information content (AvgIpc) is 2.34. The highest BCUT2D eigenvalue weighted by atomic mass is 32.2. The van der Waals surface area contributed by atoms with Crippen molar-refractivity contribution < 1.29 is 39.9 Å². The quantitative estimate of drug-likeness (QED) is 0.825. The Hall–Kier alpha value is -1.33. The maximum atomic E-state index is 12.6. The number of hydrogen-bond donors (Lipinski definition) is 2. The number of alkyl halides is 6. The van der Waals surface area contributed by atoms with E-state index < -0.39 is 45.5 Å². The maximum absolute atomic E-state index is 12.6. The molecule has 120 valence electrons. The van der Waals surface area contributed by atoms with Crippen LogP contribution in [0.2, 0.25) is 0 Å². The van der Waals surface area contributed by atoms with Crippen LogP contribution in [-0.4, -0.2) is 32.3 Å². The second kappa shape index (κ2) is 5.81. The fourth-order valence-electron chi connectivity index (χ4n) is 1.32. The van der Waals surface area contributed by atoms with Crippen LogP contribution in [0.5, 0.6) is 0 Å². The Kier molecular flexibility index (Phi) is 4.90. The first kappa shape index (κ1) is 17.7. The lowest BCUT2D eigenvalue weighted by molar-refractivity contribution is -0.200. The summed E-state index contributed by atoms with van der Waals surface area (Å²) in [6, 6.07) is 3.01. The molecule has 21 heavy (non-hydrogen) atoms. The minimum Gasteiger partial charge on any atom is -0.382 e. The van der Waals surface area contributed by atoms with Gasteiger partial charge < -0.3 is 5.11 Å². The van der Waals surface area contributed by atoms with Crippen LogP contribution in [0.15, 0.2) is 29.2 Å². The largest absolute Gasteiger partial charge is 0.417 e. The van der Waals surface area contributed by atoms with Gasteiger partial charge in [0.05, 0.1) is 10.5 Å². The van der Waals surface area contributed by atoms with Gasteiger partial charge in [-0.2, -0.15) is 26.3 Å². The number of sulfonamides is 1. The molecule has 0 aliphatic heterocycles. The maximum Gasteiger partial charge on any atom is 0.417 e. The third kappa shape index (κ3) is 4.58. The molecule has 0 aromatic heterocycles. The molecule has 0 heterocycles. The third-order valence-corrected chi connectivity index (χ3v) is 3.81. The van der Waals surface area contributed by atoms with E-state index in [4.69, 9.17) is 5.11 Å². The van der Waals surface area contributed by atoms with Gasteiger partial charge >= 0.3 is 12.4 Å². The summed E-state index contributed by atoms with van der Waals surface area (Å²) in [5.74, 6) is 0. The first-order chi connectivity index (χ1) is 9.36. The Bertz CT molecular complexity index is 596. The van der Waals surface area contributed by atoms with E-state index in [1.54, 1.807) is 0 Å². The van der Waals surface area contributed by atoms with Gasteiger partial charge in [-0.15, -0.1) is 0 Å². The molecule has 0 saturated carbocycles. The molecule has 1 unspecified atom stereocenters. The predicted octanol–water partition coefficient (Wildman–Crippen LogP) is 1.91. The van der Waals surface area contributed by atoms with Gasteiger partial charge in [0.1, 0.15) is 0 Å². The second-order valence-corrected chi connectivity index (χ2v) is 5.64. The molecule has 11 heteroatoms. The lowest BCUT2D eigenvalue weighted by Crippen LogP contribution is -2.41. The van der Waals surface area contributed by atoms with Crippen LogP contribution in [0, 0.1) is 0 Å². The molecule has 1 aromatic carbocycles. The Morgan fingerprint density at radius 3 is 2.10 bits per heavy atom. The zero-order chi connectivity index (χ0) is 16.5. The van der Waals surface area contributed by atoms with Gasteiger partial charge in [0.2, 0.25) is 10.0 Å². The lowest BCUT2D eigenvalue weighted by Gasteiger charge is -2.17. The third-order valence-electron chi connectivity index (χ3n) is 2.33. The summed E-state index contributed by atoms with van der Waals surface area (Å²) in [5, 5.41) is 8.65. The summed E-state index contributed by atoms with van der Waals surface area (Å²) in [6.45, 7) is -1.49. The zero-order valence-electron chi connectivity index (χ0n) is 10.0. The Balaban J connectivity index is 3.05. The minimum absolute atomic E-state index is 0.481. The van der Waals surface area contributed by atoms with E-state index in [1.165, 1.54) is 4.72 Å². The molecule has 0 radical (unpaired) electrons. The SMILES string of the molecule is O=S(=O)(NCC(O)C(F)(F)F)c1ccccc1C(F)(F)F. The van der Waals surface area contributed by atoms with E-state index in [2.05, 4.69) is 0 Å². The summed E-state index contributed by atoms with van der Waals surface area (Å²) in [5.41, 5.74) is -1.51. The van der Waals surface area contributed by atoms with E-state index in [9.17, 15) is 34.8 Å². The van der Waals surface area contributed by atoms with Crippen LogP contribution in [0.25, 0.3) is 0 Å². The van der Waals surface area contributed by atoms with E-state index in [1.807, 2.05) is 0 Å². The van der Waals surface area contributed by atoms with Crippen molar-refractivity contribution in [2.75, 3.05) is 6.54 Å². The molecule has 0 saturated heterocycles. The highest BCUT2D eigenvalue weighted by Gasteiger charge is 2.40. The highest BCUT2D eigenvalue weighted by Crippen LogP contribution is 2.33. The van der Waals surface area contributed by atoms with Gasteiger partial charge in [-0.1, -0.05) is 12.1 Å². The van der Waals surface area contributed by atoms with E-state index >= 15 is 0 Å². The first-order valence-electron chi connectivity index (χ1n) is 5.26. The molecule has 0 fully saturated rings. The molecule has 4 nitrogen and oxygen atoms in total. The van der Waals surface area contributed by atoms with E-state index in [0.717, 1.165) is 12.1 Å². The van der Waals surface area contributed by atoms with Gasteiger partial charge in [0.25, 0.3) is 0 Å². The smallest absolute Gasteiger partial charge is 0.382 e. The molecule has 0 bridgehead atoms. The predicted molar refractivity (Wildman–Crippen MR) is 58.7 cm³/mol. The van der Waals surface area contributed by atoms with Gasteiger partial charge in [-0.25, -0.2) is 13.1 Å². The van der Waals surface area contributed by atoms with Crippen molar-refractivity contribution >= 4 is 10.0 Å². The van der Waals surface area contributed by atoms with Crippen LogP contribution in [0.4, 0.5) is 26.3 Å². The average molecular weight is 337 g/mol. The summed E-state index contributed by atoms with van der Waals surface area (Å²) in [4.78, 5) is -1.22. The van der Waals surface area contributed by atoms with Gasteiger partial charge in [0, 0.05) is 6.54 Å². The van der Waals surface area contributed by atoms with Crippen molar-refractivity contribution in [1.82, 2.24) is 4.72 Å². The van der Waals surface area contributed by atoms with E-state index in [-0.39, 0.29) is 0 Å². The van der Waals surface area contributed by atoms with Crippen LogP contribution >= 0.6 is 0 Å². The molecular formula is C10H9F6NO3S. The van der Waals surface area contributed by atoms with Crippen LogP contribution in [-0.2, 0) is 16.2 Å². The van der Waals surface area contributed by atoms with Crippen LogP contribution < -0.4 is 4.72 Å². The minimum atomic E-state index is -5.09. The fourth-order valence-corrected chi connectivity index (χ4v) is 2.58.